The van der Waals surface area contributed by atoms with Crippen molar-refractivity contribution in [2.24, 2.45) is 5.41 Å². The van der Waals surface area contributed by atoms with Gasteiger partial charge in [0, 0.05) is 16.8 Å². The third kappa shape index (κ3) is 3.87. The Labute approximate surface area is 134 Å². The van der Waals surface area contributed by atoms with Crippen LogP contribution in [0.4, 0.5) is 0 Å². The van der Waals surface area contributed by atoms with E-state index in [0.717, 1.165) is 0 Å². The molecule has 0 amide bonds. The van der Waals surface area contributed by atoms with Crippen LogP contribution in [-0.2, 0) is 11.0 Å². The summed E-state index contributed by atoms with van der Waals surface area (Å²) in [7, 11) is 0. The summed E-state index contributed by atoms with van der Waals surface area (Å²) >= 11 is 1.85. The zero-order valence-electron chi connectivity index (χ0n) is 14.8. The Morgan fingerprint density at radius 1 is 1.14 bits per heavy atom. The molecule has 0 bridgehead atoms. The normalized spacial score (nSPS) is 21.7. The average molecular weight is 309 g/mol. The predicted molar refractivity (Wildman–Crippen MR) is 93.0 cm³/mol. The lowest BCUT2D eigenvalue weighted by Crippen LogP contribution is -2.49. The molecule has 0 atom stereocenters. The third-order valence-electron chi connectivity index (χ3n) is 4.70. The molecule has 0 spiro atoms. The summed E-state index contributed by atoms with van der Waals surface area (Å²) in [5, 5.41) is 7.43. The molecule has 1 aliphatic carbocycles. The van der Waals surface area contributed by atoms with Gasteiger partial charge in [-0.2, -0.15) is 0 Å². The number of hydrogen-bond acceptors (Lipinski definition) is 3. The maximum atomic E-state index is 5.03. The number of nitrogens with zero attached hydrogens (tertiary/aromatic N) is 1. The van der Waals surface area contributed by atoms with Crippen molar-refractivity contribution in [3.05, 3.63) is 16.1 Å². The topological polar surface area (TPSA) is 24.9 Å². The number of hydrogen-bond donors (Lipinski definition) is 1. The third-order valence-corrected chi connectivity index (χ3v) is 5.75. The van der Waals surface area contributed by atoms with E-state index in [-0.39, 0.29) is 11.0 Å². The molecule has 1 heterocycles. The second kappa shape index (κ2) is 5.66. The molecule has 3 heteroatoms. The van der Waals surface area contributed by atoms with Gasteiger partial charge in [-0.1, -0.05) is 34.6 Å². The summed E-state index contributed by atoms with van der Waals surface area (Å²) in [6, 6.07) is 0.494. The van der Waals surface area contributed by atoms with E-state index in [4.69, 9.17) is 4.98 Å². The van der Waals surface area contributed by atoms with Gasteiger partial charge >= 0.3 is 0 Å². The lowest BCUT2D eigenvalue weighted by Gasteiger charge is -2.44. The second-order valence-corrected chi connectivity index (χ2v) is 9.69. The largest absolute Gasteiger partial charge is 0.303 e. The Hall–Kier alpha value is -0.410. The smallest absolute Gasteiger partial charge is 0.113 e. The minimum Gasteiger partial charge on any atom is -0.303 e. The van der Waals surface area contributed by atoms with Crippen molar-refractivity contribution in [3.63, 3.8) is 0 Å². The summed E-state index contributed by atoms with van der Waals surface area (Å²) in [4.78, 5) is 5.03. The number of rotatable bonds is 3. The van der Waals surface area contributed by atoms with Gasteiger partial charge in [0.2, 0.25) is 0 Å². The van der Waals surface area contributed by atoms with E-state index in [1.807, 2.05) is 11.3 Å². The van der Waals surface area contributed by atoms with Crippen molar-refractivity contribution < 1.29 is 0 Å². The standard InChI is InChI=1S/C18H32N2S/c1-13(2)20-18(10-8-17(6,7)9-11-18)15-19-14(12-21-15)16(3,4)5/h12-13,20H,8-11H2,1-7H3. The van der Waals surface area contributed by atoms with Crippen LogP contribution >= 0.6 is 11.3 Å². The summed E-state index contributed by atoms with van der Waals surface area (Å²) in [5.74, 6) is 0. The molecule has 0 aromatic carbocycles. The first-order valence-corrected chi connectivity index (χ1v) is 9.16. The van der Waals surface area contributed by atoms with Gasteiger partial charge in [0.05, 0.1) is 11.2 Å². The highest BCUT2D eigenvalue weighted by Gasteiger charge is 2.42. The second-order valence-electron chi connectivity index (χ2n) is 8.83. The Balaban J connectivity index is 2.31. The molecule has 21 heavy (non-hydrogen) atoms. The summed E-state index contributed by atoms with van der Waals surface area (Å²) in [6.07, 6.45) is 4.96. The SMILES string of the molecule is CC(C)NC1(c2nc(C(C)(C)C)cs2)CCC(C)(C)CC1. The van der Waals surface area contributed by atoms with Crippen molar-refractivity contribution in [1.82, 2.24) is 10.3 Å². The molecule has 0 aliphatic heterocycles. The molecule has 0 unspecified atom stereocenters. The summed E-state index contributed by atoms with van der Waals surface area (Å²) in [5.41, 5.74) is 1.95. The highest BCUT2D eigenvalue weighted by molar-refractivity contribution is 7.09. The molecule has 2 nitrogen and oxygen atoms in total. The molecule has 2 rings (SSSR count). The van der Waals surface area contributed by atoms with Crippen molar-refractivity contribution in [2.45, 2.75) is 91.1 Å². The number of nitrogens with one attached hydrogen (secondary N) is 1. The van der Waals surface area contributed by atoms with Crippen molar-refractivity contribution in [2.75, 3.05) is 0 Å². The van der Waals surface area contributed by atoms with Crippen LogP contribution in [-0.4, -0.2) is 11.0 Å². The fourth-order valence-corrected chi connectivity index (χ4v) is 4.43. The first kappa shape index (κ1) is 17.0. The van der Waals surface area contributed by atoms with Crippen molar-refractivity contribution in [3.8, 4) is 0 Å². The maximum Gasteiger partial charge on any atom is 0.113 e. The van der Waals surface area contributed by atoms with Gasteiger partial charge in [0.1, 0.15) is 5.01 Å². The van der Waals surface area contributed by atoms with Crippen molar-refractivity contribution >= 4 is 11.3 Å². The van der Waals surface area contributed by atoms with E-state index in [1.165, 1.54) is 36.4 Å². The highest BCUT2D eigenvalue weighted by atomic mass is 32.1. The Morgan fingerprint density at radius 3 is 2.14 bits per heavy atom. The predicted octanol–water partition coefficient (Wildman–Crippen LogP) is 5.23. The Morgan fingerprint density at radius 2 is 1.71 bits per heavy atom. The highest BCUT2D eigenvalue weighted by Crippen LogP contribution is 2.46. The van der Waals surface area contributed by atoms with E-state index in [1.54, 1.807) is 0 Å². The minimum atomic E-state index is 0.0951. The van der Waals surface area contributed by atoms with Crippen LogP contribution in [0, 0.1) is 5.41 Å². The summed E-state index contributed by atoms with van der Waals surface area (Å²) in [6.45, 7) is 16.0. The van der Waals surface area contributed by atoms with Gasteiger partial charge in [0.25, 0.3) is 0 Å². The van der Waals surface area contributed by atoms with E-state index in [2.05, 4.69) is 59.2 Å². The van der Waals surface area contributed by atoms with Gasteiger partial charge in [-0.05, 0) is 44.9 Å². The fourth-order valence-electron chi connectivity index (χ4n) is 3.16. The lowest BCUT2D eigenvalue weighted by atomic mass is 9.69. The monoisotopic (exact) mass is 308 g/mol. The molecule has 120 valence electrons. The zero-order valence-corrected chi connectivity index (χ0v) is 15.7. The number of aromatic nitrogens is 1. The van der Waals surface area contributed by atoms with E-state index in [0.29, 0.717) is 11.5 Å². The van der Waals surface area contributed by atoms with Crippen LogP contribution in [0.15, 0.2) is 5.38 Å². The number of thiazole rings is 1. The van der Waals surface area contributed by atoms with Crippen LogP contribution in [0.2, 0.25) is 0 Å². The average Bonchev–Trinajstić information content (AvgIpc) is 2.81. The minimum absolute atomic E-state index is 0.0951. The quantitative estimate of drug-likeness (QED) is 0.826. The van der Waals surface area contributed by atoms with Crippen LogP contribution < -0.4 is 5.32 Å². The molecular formula is C18H32N2S. The van der Waals surface area contributed by atoms with Crippen LogP contribution in [0.1, 0.15) is 84.9 Å². The Bertz CT molecular complexity index is 470. The molecule has 1 aromatic heterocycles. The molecule has 0 radical (unpaired) electrons. The first-order valence-electron chi connectivity index (χ1n) is 8.28. The van der Waals surface area contributed by atoms with E-state index < -0.39 is 0 Å². The lowest BCUT2D eigenvalue weighted by molar-refractivity contribution is 0.126. The van der Waals surface area contributed by atoms with E-state index >= 15 is 0 Å². The Kier molecular flexibility index (Phi) is 4.57. The van der Waals surface area contributed by atoms with Crippen LogP contribution in [0.5, 0.6) is 0 Å². The van der Waals surface area contributed by atoms with Gasteiger partial charge in [-0.25, -0.2) is 4.98 Å². The molecule has 0 saturated heterocycles. The van der Waals surface area contributed by atoms with Crippen LogP contribution in [0.3, 0.4) is 0 Å². The van der Waals surface area contributed by atoms with Crippen molar-refractivity contribution in [1.29, 1.82) is 0 Å². The molecule has 1 fully saturated rings. The molecule has 1 aromatic rings. The fraction of sp³-hybridized carbons (Fsp3) is 0.833. The molecule has 1 N–H and O–H groups in total. The first-order chi connectivity index (χ1) is 9.54. The van der Waals surface area contributed by atoms with Gasteiger partial charge in [-0.3, -0.25) is 0 Å². The maximum absolute atomic E-state index is 5.03. The molecule has 1 saturated carbocycles. The summed E-state index contributed by atoms with van der Waals surface area (Å²) < 4.78 is 0. The van der Waals surface area contributed by atoms with E-state index in [9.17, 15) is 0 Å². The van der Waals surface area contributed by atoms with Gasteiger partial charge in [0.15, 0.2) is 0 Å². The molecular weight excluding hydrogens is 276 g/mol. The molecule has 1 aliphatic rings. The zero-order chi connectivity index (χ0) is 15.9. The van der Waals surface area contributed by atoms with Gasteiger partial charge < -0.3 is 5.32 Å². The van der Waals surface area contributed by atoms with Gasteiger partial charge in [-0.15, -0.1) is 11.3 Å². The van der Waals surface area contributed by atoms with Crippen LogP contribution in [0.25, 0.3) is 0 Å².